The fraction of sp³-hybridized carbons (Fsp3) is 0.321. The fourth-order valence-corrected chi connectivity index (χ4v) is 4.22. The second kappa shape index (κ2) is 8.04. The molecule has 0 spiro atoms. The van der Waals surface area contributed by atoms with Gasteiger partial charge in [0.15, 0.2) is 0 Å². The van der Waals surface area contributed by atoms with Gasteiger partial charge >= 0.3 is 0 Å². The van der Waals surface area contributed by atoms with E-state index in [1.165, 1.54) is 22.3 Å². The average Bonchev–Trinajstić information content (AvgIpc) is 3.40. The number of aromatic amines is 2. The predicted molar refractivity (Wildman–Crippen MR) is 137 cm³/mol. The third kappa shape index (κ3) is 4.09. The number of H-pyrrole nitrogens is 2. The molecule has 0 atom stereocenters. The summed E-state index contributed by atoms with van der Waals surface area (Å²) in [5, 5.41) is 11.3. The smallest absolute Gasteiger partial charge is 0.101 e. The van der Waals surface area contributed by atoms with Crippen LogP contribution in [-0.4, -0.2) is 21.4 Å². The molecule has 0 aromatic carbocycles. The van der Waals surface area contributed by atoms with Crippen molar-refractivity contribution in [3.8, 4) is 6.07 Å². The molecule has 2 aliphatic rings. The molecule has 0 amide bonds. The SMILES string of the molecule is C=C1N=C(/C=C2N=C(/C=c3/[nH]/c(=C\c4cc(C#N)c(C)[nH]4)c(C)c3C)C(C)=C\2C)CC1(C)C. The van der Waals surface area contributed by atoms with Gasteiger partial charge in [-0.2, -0.15) is 5.26 Å². The Morgan fingerprint density at radius 1 is 0.970 bits per heavy atom. The summed E-state index contributed by atoms with van der Waals surface area (Å²) in [6, 6.07) is 4.10. The minimum absolute atomic E-state index is 0.00774. The maximum atomic E-state index is 9.23. The van der Waals surface area contributed by atoms with E-state index in [1.807, 2.05) is 13.0 Å². The summed E-state index contributed by atoms with van der Waals surface area (Å²) in [5.41, 5.74) is 11.1. The highest BCUT2D eigenvalue weighted by Gasteiger charge is 2.30. The number of aromatic nitrogens is 2. The Labute approximate surface area is 195 Å². The molecule has 0 radical (unpaired) electrons. The van der Waals surface area contributed by atoms with Crippen molar-refractivity contribution in [2.24, 2.45) is 15.4 Å². The first-order chi connectivity index (χ1) is 15.5. The van der Waals surface area contributed by atoms with Crippen LogP contribution >= 0.6 is 0 Å². The van der Waals surface area contributed by atoms with E-state index in [4.69, 9.17) is 4.99 Å². The van der Waals surface area contributed by atoms with E-state index in [0.29, 0.717) is 5.56 Å². The Morgan fingerprint density at radius 2 is 1.64 bits per heavy atom. The first kappa shape index (κ1) is 22.5. The molecule has 4 heterocycles. The number of allylic oxidation sites excluding steroid dienone is 4. The molecule has 0 bridgehead atoms. The summed E-state index contributed by atoms with van der Waals surface area (Å²) in [6.07, 6.45) is 7.16. The van der Waals surface area contributed by atoms with Crippen molar-refractivity contribution in [3.63, 3.8) is 0 Å². The Bertz CT molecular complexity index is 1470. The Hall–Kier alpha value is -3.65. The third-order valence-electron chi connectivity index (χ3n) is 6.93. The predicted octanol–water partition coefficient (Wildman–Crippen LogP) is 4.81. The number of hydrogen-bond acceptors (Lipinski definition) is 3. The van der Waals surface area contributed by atoms with Gasteiger partial charge in [-0.25, -0.2) is 4.99 Å². The molecule has 0 unspecified atom stereocenters. The number of nitrogens with one attached hydrogen (secondary N) is 2. The standard InChI is InChI=1S/C28H31N5/c1-15-17(3)26(32-24(15)10-22-9-21(14-29)19(5)30-22)12-27-18(4)16(2)25(33-27)11-23-13-28(7,8)20(6)31-23/h9-12,30,32H,6,13H2,1-5,7-8H3/b24-10-,25-11-,26-12+. The van der Waals surface area contributed by atoms with Crippen LogP contribution in [0.1, 0.15) is 62.2 Å². The lowest BCUT2D eigenvalue weighted by atomic mass is 9.87. The van der Waals surface area contributed by atoms with Crippen molar-refractivity contribution in [3.05, 3.63) is 80.0 Å². The maximum absolute atomic E-state index is 9.23. The molecule has 2 aliphatic heterocycles. The zero-order valence-electron chi connectivity index (χ0n) is 20.6. The molecule has 168 valence electrons. The Kier molecular flexibility index (Phi) is 5.49. The average molecular weight is 438 g/mol. The zero-order valence-corrected chi connectivity index (χ0v) is 20.6. The number of nitriles is 1. The summed E-state index contributed by atoms with van der Waals surface area (Å²) in [4.78, 5) is 16.4. The lowest BCUT2D eigenvalue weighted by Gasteiger charge is -2.16. The summed E-state index contributed by atoms with van der Waals surface area (Å²) in [5.74, 6) is 0. The first-order valence-corrected chi connectivity index (χ1v) is 11.2. The van der Waals surface area contributed by atoms with Crippen LogP contribution in [0.2, 0.25) is 0 Å². The van der Waals surface area contributed by atoms with Gasteiger partial charge in [0.25, 0.3) is 0 Å². The summed E-state index contributed by atoms with van der Waals surface area (Å²) in [7, 11) is 0. The monoisotopic (exact) mass is 437 g/mol. The van der Waals surface area contributed by atoms with Crippen molar-refractivity contribution in [2.45, 2.75) is 54.9 Å². The van der Waals surface area contributed by atoms with Crippen molar-refractivity contribution in [1.82, 2.24) is 9.97 Å². The highest BCUT2D eigenvalue weighted by Crippen LogP contribution is 2.37. The van der Waals surface area contributed by atoms with Crippen LogP contribution in [0, 0.1) is 37.5 Å². The summed E-state index contributed by atoms with van der Waals surface area (Å²) in [6.45, 7) is 18.8. The second-order valence-electron chi connectivity index (χ2n) is 9.75. The van der Waals surface area contributed by atoms with Gasteiger partial charge in [-0.3, -0.25) is 4.99 Å². The minimum atomic E-state index is 0.00774. The van der Waals surface area contributed by atoms with E-state index in [2.05, 4.69) is 87.4 Å². The molecule has 33 heavy (non-hydrogen) atoms. The van der Waals surface area contributed by atoms with Gasteiger partial charge in [0, 0.05) is 45.3 Å². The van der Waals surface area contributed by atoms with Gasteiger partial charge < -0.3 is 9.97 Å². The minimum Gasteiger partial charge on any atom is -0.358 e. The normalized spacial score (nSPS) is 20.2. The molecule has 0 saturated heterocycles. The van der Waals surface area contributed by atoms with Crippen molar-refractivity contribution < 1.29 is 0 Å². The van der Waals surface area contributed by atoms with Crippen molar-refractivity contribution in [1.29, 1.82) is 5.26 Å². The number of aryl methyl sites for hydroxylation is 1. The lowest BCUT2D eigenvalue weighted by Crippen LogP contribution is -2.13. The molecule has 2 aromatic rings. The van der Waals surface area contributed by atoms with Crippen LogP contribution in [0.4, 0.5) is 0 Å². The molecule has 4 rings (SSSR count). The van der Waals surface area contributed by atoms with Crippen LogP contribution in [-0.2, 0) is 0 Å². The van der Waals surface area contributed by atoms with E-state index in [9.17, 15) is 5.26 Å². The Balaban J connectivity index is 1.73. The Morgan fingerprint density at radius 3 is 2.21 bits per heavy atom. The van der Waals surface area contributed by atoms with Crippen LogP contribution in [0.3, 0.4) is 0 Å². The molecule has 5 heteroatoms. The highest BCUT2D eigenvalue weighted by atomic mass is 14.8. The number of aliphatic imine (C=N–C) groups is 2. The molecule has 2 aromatic heterocycles. The largest absolute Gasteiger partial charge is 0.358 e. The van der Waals surface area contributed by atoms with E-state index < -0.39 is 0 Å². The third-order valence-corrected chi connectivity index (χ3v) is 6.93. The van der Waals surface area contributed by atoms with Gasteiger partial charge in [0.1, 0.15) is 6.07 Å². The summed E-state index contributed by atoms with van der Waals surface area (Å²) < 4.78 is 0. The number of rotatable bonds is 3. The molecular formula is C28H31N5. The molecule has 0 fully saturated rings. The zero-order chi connectivity index (χ0) is 24.1. The summed E-state index contributed by atoms with van der Waals surface area (Å²) >= 11 is 0. The second-order valence-corrected chi connectivity index (χ2v) is 9.75. The first-order valence-electron chi connectivity index (χ1n) is 11.2. The highest BCUT2D eigenvalue weighted by molar-refractivity contribution is 6.23. The van der Waals surface area contributed by atoms with E-state index in [1.54, 1.807) is 0 Å². The van der Waals surface area contributed by atoms with Gasteiger partial charge in [0.2, 0.25) is 0 Å². The van der Waals surface area contributed by atoms with Gasteiger partial charge in [0.05, 0.1) is 17.0 Å². The topological polar surface area (TPSA) is 80.1 Å². The number of hydrogen-bond donors (Lipinski definition) is 2. The van der Waals surface area contributed by atoms with Crippen LogP contribution in [0.25, 0.3) is 12.2 Å². The van der Waals surface area contributed by atoms with E-state index in [0.717, 1.165) is 51.3 Å². The van der Waals surface area contributed by atoms with Gasteiger partial charge in [-0.05, 0) is 81.2 Å². The van der Waals surface area contributed by atoms with Crippen molar-refractivity contribution in [2.75, 3.05) is 0 Å². The van der Waals surface area contributed by atoms with Crippen molar-refractivity contribution >= 4 is 23.6 Å². The molecule has 0 aliphatic carbocycles. The lowest BCUT2D eigenvalue weighted by molar-refractivity contribution is 0.487. The molecule has 5 nitrogen and oxygen atoms in total. The van der Waals surface area contributed by atoms with E-state index in [-0.39, 0.29) is 5.41 Å². The van der Waals surface area contributed by atoms with Crippen LogP contribution in [0.15, 0.2) is 51.2 Å². The van der Waals surface area contributed by atoms with Crippen LogP contribution in [0.5, 0.6) is 0 Å². The fourth-order valence-electron chi connectivity index (χ4n) is 4.22. The van der Waals surface area contributed by atoms with Gasteiger partial charge in [-0.1, -0.05) is 20.4 Å². The van der Waals surface area contributed by atoms with Crippen LogP contribution < -0.4 is 10.7 Å². The molecule has 2 N–H and O–H groups in total. The van der Waals surface area contributed by atoms with E-state index >= 15 is 0 Å². The molecule has 0 saturated carbocycles. The molecular weight excluding hydrogens is 406 g/mol. The van der Waals surface area contributed by atoms with Gasteiger partial charge in [-0.15, -0.1) is 0 Å². The maximum Gasteiger partial charge on any atom is 0.101 e. The number of nitrogens with zero attached hydrogens (tertiary/aromatic N) is 3. The quantitative estimate of drug-likeness (QED) is 0.710.